The third-order valence-corrected chi connectivity index (χ3v) is 2.81. The van der Waals surface area contributed by atoms with Gasteiger partial charge in [-0.25, -0.2) is 4.21 Å². The topological polar surface area (TPSA) is 29.1 Å². The van der Waals surface area contributed by atoms with Gasteiger partial charge >= 0.3 is 0 Å². The van der Waals surface area contributed by atoms with E-state index in [2.05, 4.69) is 11.6 Å². The van der Waals surface area contributed by atoms with Gasteiger partial charge in [-0.05, 0) is 18.6 Å². The molecule has 0 bridgehead atoms. The number of allylic oxidation sites excluding steroid dienone is 1. The highest BCUT2D eigenvalue weighted by Crippen LogP contribution is 2.06. The Balaban J connectivity index is 2.33. The summed E-state index contributed by atoms with van der Waals surface area (Å²) in [5.41, 5.74) is 0.885. The van der Waals surface area contributed by atoms with E-state index < -0.39 is 11.0 Å². The fraction of sp³-hybridized carbons (Fsp3) is 0.333. The van der Waals surface area contributed by atoms with Crippen molar-refractivity contribution in [2.45, 2.75) is 26.2 Å². The quantitative estimate of drug-likeness (QED) is 0.735. The van der Waals surface area contributed by atoms with Crippen LogP contribution in [-0.4, -0.2) is 4.21 Å². The predicted octanol–water partition coefficient (Wildman–Crippen LogP) is 3.47. The van der Waals surface area contributed by atoms with Crippen molar-refractivity contribution in [1.29, 1.82) is 0 Å². The normalized spacial score (nSPS) is 12.9. The molecule has 1 aromatic rings. The third kappa shape index (κ3) is 5.37. The Morgan fingerprint density at radius 1 is 1.33 bits per heavy atom. The van der Waals surface area contributed by atoms with Gasteiger partial charge in [-0.3, -0.25) is 0 Å². The minimum Gasteiger partial charge on any atom is -0.302 e. The Labute approximate surface area is 94.0 Å². The molecule has 3 heteroatoms. The van der Waals surface area contributed by atoms with Crippen LogP contribution in [0.5, 0.6) is 0 Å². The second kappa shape index (κ2) is 7.23. The first-order valence-electron chi connectivity index (χ1n) is 5.22. The molecule has 0 saturated heterocycles. The minimum absolute atomic E-state index is 0.885. The van der Waals surface area contributed by atoms with Gasteiger partial charge in [0.05, 0.1) is 0 Å². The molecule has 0 spiro atoms. The zero-order valence-corrected chi connectivity index (χ0v) is 9.80. The number of nitrogens with one attached hydrogen (secondary N) is 1. The summed E-state index contributed by atoms with van der Waals surface area (Å²) in [6.45, 7) is 2.15. The smallest absolute Gasteiger partial charge is 0.142 e. The Morgan fingerprint density at radius 3 is 2.73 bits per heavy atom. The maximum atomic E-state index is 11.5. The van der Waals surface area contributed by atoms with Crippen LogP contribution < -0.4 is 4.72 Å². The molecule has 1 atom stereocenters. The van der Waals surface area contributed by atoms with Crippen molar-refractivity contribution < 1.29 is 4.21 Å². The summed E-state index contributed by atoms with van der Waals surface area (Å²) in [4.78, 5) is 0. The lowest BCUT2D eigenvalue weighted by atomic mass is 10.2. The van der Waals surface area contributed by atoms with Gasteiger partial charge in [-0.2, -0.15) is 0 Å². The van der Waals surface area contributed by atoms with Crippen LogP contribution in [0.15, 0.2) is 41.8 Å². The molecule has 0 fully saturated rings. The van der Waals surface area contributed by atoms with E-state index in [-0.39, 0.29) is 0 Å². The number of para-hydroxylation sites is 1. The predicted molar refractivity (Wildman–Crippen MR) is 66.9 cm³/mol. The highest BCUT2D eigenvalue weighted by Gasteiger charge is 1.93. The monoisotopic (exact) mass is 223 g/mol. The molecule has 0 aliphatic heterocycles. The van der Waals surface area contributed by atoms with Crippen LogP contribution in [0, 0.1) is 0 Å². The molecule has 1 N–H and O–H groups in total. The average molecular weight is 223 g/mol. The van der Waals surface area contributed by atoms with E-state index in [1.165, 1.54) is 6.42 Å². The van der Waals surface area contributed by atoms with Gasteiger partial charge in [0.1, 0.15) is 11.0 Å². The summed E-state index contributed by atoms with van der Waals surface area (Å²) in [6, 6.07) is 9.57. The SMILES string of the molecule is CCCCC=CS(=O)Nc1ccccc1. The molecule has 15 heavy (non-hydrogen) atoms. The molecule has 82 valence electrons. The van der Waals surface area contributed by atoms with Crippen molar-refractivity contribution in [3.05, 3.63) is 41.8 Å². The standard InChI is InChI=1S/C12H17NOS/c1-2-3-4-8-11-15(14)13-12-9-6-5-7-10-12/h5-11,13H,2-4H2,1H3. The fourth-order valence-electron chi connectivity index (χ4n) is 1.13. The number of hydrogen-bond acceptors (Lipinski definition) is 1. The summed E-state index contributed by atoms with van der Waals surface area (Å²) in [7, 11) is -1.11. The Morgan fingerprint density at radius 2 is 2.07 bits per heavy atom. The van der Waals surface area contributed by atoms with Gasteiger partial charge in [0.15, 0.2) is 0 Å². The first kappa shape index (κ1) is 12.0. The molecule has 0 amide bonds. The first-order chi connectivity index (χ1) is 7.33. The van der Waals surface area contributed by atoms with Gasteiger partial charge in [0.25, 0.3) is 0 Å². The third-order valence-electron chi connectivity index (χ3n) is 1.94. The van der Waals surface area contributed by atoms with Gasteiger partial charge in [-0.1, -0.05) is 44.0 Å². The molecule has 0 radical (unpaired) electrons. The lowest BCUT2D eigenvalue weighted by Gasteiger charge is -2.00. The number of benzene rings is 1. The van der Waals surface area contributed by atoms with Crippen LogP contribution in [-0.2, 0) is 11.0 Å². The van der Waals surface area contributed by atoms with Crippen molar-refractivity contribution in [3.63, 3.8) is 0 Å². The summed E-state index contributed by atoms with van der Waals surface area (Å²) in [5.74, 6) is 0. The molecule has 0 aliphatic rings. The molecule has 0 aromatic heterocycles. The number of unbranched alkanes of at least 4 members (excludes halogenated alkanes) is 2. The van der Waals surface area contributed by atoms with E-state index in [0.29, 0.717) is 0 Å². The average Bonchev–Trinajstić information content (AvgIpc) is 2.26. The van der Waals surface area contributed by atoms with Crippen LogP contribution in [0.25, 0.3) is 0 Å². The molecular formula is C12H17NOS. The molecule has 0 saturated carbocycles. The lowest BCUT2D eigenvalue weighted by molar-refractivity contribution is 0.691. The van der Waals surface area contributed by atoms with Crippen molar-refractivity contribution in [1.82, 2.24) is 0 Å². The Bertz CT molecular complexity index is 322. The largest absolute Gasteiger partial charge is 0.302 e. The summed E-state index contributed by atoms with van der Waals surface area (Å²) in [6.07, 6.45) is 5.29. The zero-order chi connectivity index (χ0) is 10.9. The van der Waals surface area contributed by atoms with E-state index >= 15 is 0 Å². The Hall–Kier alpha value is -1.09. The van der Waals surface area contributed by atoms with Gasteiger partial charge in [0.2, 0.25) is 0 Å². The van der Waals surface area contributed by atoms with Crippen LogP contribution in [0.4, 0.5) is 5.69 Å². The van der Waals surface area contributed by atoms with Crippen LogP contribution in [0.1, 0.15) is 26.2 Å². The van der Waals surface area contributed by atoms with Crippen LogP contribution >= 0.6 is 0 Å². The number of anilines is 1. The second-order valence-corrected chi connectivity index (χ2v) is 4.35. The van der Waals surface area contributed by atoms with Gasteiger partial charge in [-0.15, -0.1) is 0 Å². The number of rotatable bonds is 6. The van der Waals surface area contributed by atoms with Gasteiger partial charge in [0, 0.05) is 11.1 Å². The van der Waals surface area contributed by atoms with Crippen molar-refractivity contribution >= 4 is 16.7 Å². The summed E-state index contributed by atoms with van der Waals surface area (Å²) < 4.78 is 14.4. The Kier molecular flexibility index (Phi) is 5.78. The van der Waals surface area contributed by atoms with Crippen molar-refractivity contribution in [3.8, 4) is 0 Å². The zero-order valence-electron chi connectivity index (χ0n) is 8.98. The number of hydrogen-bond donors (Lipinski definition) is 1. The molecule has 0 aliphatic carbocycles. The minimum atomic E-state index is -1.11. The molecule has 1 rings (SSSR count). The highest BCUT2D eigenvalue weighted by molar-refractivity contribution is 7.89. The van der Waals surface area contributed by atoms with Crippen LogP contribution in [0.3, 0.4) is 0 Å². The maximum absolute atomic E-state index is 11.5. The maximum Gasteiger partial charge on any atom is 0.142 e. The second-order valence-electron chi connectivity index (χ2n) is 3.28. The van der Waals surface area contributed by atoms with E-state index in [1.54, 1.807) is 5.41 Å². The molecular weight excluding hydrogens is 206 g/mol. The van der Waals surface area contributed by atoms with E-state index in [4.69, 9.17) is 0 Å². The van der Waals surface area contributed by atoms with Crippen molar-refractivity contribution in [2.24, 2.45) is 0 Å². The van der Waals surface area contributed by atoms with E-state index in [0.717, 1.165) is 18.5 Å². The van der Waals surface area contributed by atoms with E-state index in [9.17, 15) is 4.21 Å². The van der Waals surface area contributed by atoms with Crippen molar-refractivity contribution in [2.75, 3.05) is 4.72 Å². The fourth-order valence-corrected chi connectivity index (χ4v) is 1.88. The lowest BCUT2D eigenvalue weighted by Crippen LogP contribution is -1.99. The molecule has 1 aromatic carbocycles. The van der Waals surface area contributed by atoms with Crippen LogP contribution in [0.2, 0.25) is 0 Å². The van der Waals surface area contributed by atoms with Gasteiger partial charge < -0.3 is 4.72 Å². The molecule has 1 unspecified atom stereocenters. The highest BCUT2D eigenvalue weighted by atomic mass is 32.2. The summed E-state index contributed by atoms with van der Waals surface area (Å²) in [5, 5.41) is 1.71. The molecule has 0 heterocycles. The summed E-state index contributed by atoms with van der Waals surface area (Å²) >= 11 is 0. The van der Waals surface area contributed by atoms with E-state index in [1.807, 2.05) is 36.4 Å². The first-order valence-corrected chi connectivity index (χ1v) is 6.43. The molecule has 2 nitrogen and oxygen atoms in total.